The number of nitrogens with one attached hydrogen (secondary N) is 1. The molecule has 1 heterocycles. The van der Waals surface area contributed by atoms with Gasteiger partial charge in [-0.05, 0) is 30.5 Å². The van der Waals surface area contributed by atoms with Gasteiger partial charge in [-0.3, -0.25) is 4.68 Å². The van der Waals surface area contributed by atoms with Gasteiger partial charge < -0.3 is 10.4 Å². The van der Waals surface area contributed by atoms with Crippen LogP contribution in [0.25, 0.3) is 10.9 Å². The van der Waals surface area contributed by atoms with Gasteiger partial charge >= 0.3 is 6.09 Å². The first kappa shape index (κ1) is 11.4. The Labute approximate surface area is 99.1 Å². The number of rotatable bonds is 3. The predicted octanol–water partition coefficient (Wildman–Crippen LogP) is 1.69. The molecule has 90 valence electrons. The molecule has 0 unspecified atom stereocenters. The van der Waals surface area contributed by atoms with E-state index in [0.717, 1.165) is 22.0 Å². The Morgan fingerprint density at radius 2 is 2.29 bits per heavy atom. The Morgan fingerprint density at radius 3 is 3.00 bits per heavy atom. The fourth-order valence-electron chi connectivity index (χ4n) is 2.02. The number of amides is 1. The lowest BCUT2D eigenvalue weighted by Gasteiger charge is -2.07. The molecule has 0 spiro atoms. The lowest BCUT2D eigenvalue weighted by Crippen LogP contribution is -2.23. The van der Waals surface area contributed by atoms with Gasteiger partial charge in [-0.15, -0.1) is 0 Å². The van der Waals surface area contributed by atoms with E-state index in [4.69, 9.17) is 5.11 Å². The fraction of sp³-hybridized carbons (Fsp3) is 0.333. The molecule has 2 aromatic rings. The van der Waals surface area contributed by atoms with Crippen molar-refractivity contribution in [2.24, 2.45) is 7.05 Å². The maximum atomic E-state index is 10.4. The van der Waals surface area contributed by atoms with Crippen LogP contribution in [0.1, 0.15) is 11.1 Å². The van der Waals surface area contributed by atoms with Crippen LogP contribution >= 0.6 is 0 Å². The molecule has 2 N–H and O–H groups in total. The Balaban J connectivity index is 2.31. The first-order valence-electron chi connectivity index (χ1n) is 5.46. The molecule has 1 aromatic carbocycles. The van der Waals surface area contributed by atoms with Crippen LogP contribution in [0.3, 0.4) is 0 Å². The van der Waals surface area contributed by atoms with E-state index in [0.29, 0.717) is 13.0 Å². The van der Waals surface area contributed by atoms with Gasteiger partial charge in [0.15, 0.2) is 0 Å². The van der Waals surface area contributed by atoms with Crippen LogP contribution in [-0.4, -0.2) is 27.5 Å². The molecule has 0 saturated heterocycles. The Hall–Kier alpha value is -2.04. The molecule has 1 amide bonds. The summed E-state index contributed by atoms with van der Waals surface area (Å²) in [4.78, 5) is 10.4. The van der Waals surface area contributed by atoms with Crippen LogP contribution in [0.4, 0.5) is 4.79 Å². The molecule has 0 aliphatic carbocycles. The summed E-state index contributed by atoms with van der Waals surface area (Å²) in [5, 5.41) is 16.3. The zero-order valence-electron chi connectivity index (χ0n) is 9.90. The van der Waals surface area contributed by atoms with Crippen LogP contribution in [0, 0.1) is 6.92 Å². The summed E-state index contributed by atoms with van der Waals surface area (Å²) in [6.45, 7) is 2.45. The monoisotopic (exact) mass is 233 g/mol. The van der Waals surface area contributed by atoms with E-state index in [1.807, 2.05) is 37.0 Å². The SMILES string of the molecule is Cc1ccc2c(cnn2C)c1CCNC(=O)O. The quantitative estimate of drug-likeness (QED) is 0.847. The number of carbonyl (C=O) groups is 1. The van der Waals surface area contributed by atoms with Crippen molar-refractivity contribution in [1.82, 2.24) is 15.1 Å². The minimum atomic E-state index is -0.985. The van der Waals surface area contributed by atoms with Crippen molar-refractivity contribution < 1.29 is 9.90 Å². The molecular weight excluding hydrogens is 218 g/mol. The Kier molecular flexibility index (Phi) is 2.99. The van der Waals surface area contributed by atoms with Crippen LogP contribution in [0.15, 0.2) is 18.3 Å². The van der Waals surface area contributed by atoms with Gasteiger partial charge in [0, 0.05) is 19.0 Å². The van der Waals surface area contributed by atoms with Crippen molar-refractivity contribution in [2.45, 2.75) is 13.3 Å². The third kappa shape index (κ3) is 2.22. The molecule has 5 nitrogen and oxygen atoms in total. The molecule has 2 rings (SSSR count). The highest BCUT2D eigenvalue weighted by molar-refractivity contribution is 5.83. The lowest BCUT2D eigenvalue weighted by molar-refractivity contribution is 0.194. The smallest absolute Gasteiger partial charge is 0.404 e. The van der Waals surface area contributed by atoms with Crippen molar-refractivity contribution in [3.8, 4) is 0 Å². The standard InChI is InChI=1S/C12H15N3O2/c1-8-3-4-11-10(7-14-15(11)2)9(8)5-6-13-12(16)17/h3-4,7,13H,5-6H2,1-2H3,(H,16,17). The second-order valence-corrected chi connectivity index (χ2v) is 4.04. The minimum absolute atomic E-state index is 0.421. The zero-order chi connectivity index (χ0) is 12.4. The number of aryl methyl sites for hydroxylation is 2. The minimum Gasteiger partial charge on any atom is -0.465 e. The Bertz CT molecular complexity index is 560. The number of carboxylic acid groups (broad SMARTS) is 1. The summed E-state index contributed by atoms with van der Waals surface area (Å²) in [5.41, 5.74) is 3.39. The van der Waals surface area contributed by atoms with E-state index in [1.165, 1.54) is 0 Å². The fourth-order valence-corrected chi connectivity index (χ4v) is 2.02. The number of hydrogen-bond acceptors (Lipinski definition) is 2. The van der Waals surface area contributed by atoms with Crippen molar-refractivity contribution in [3.05, 3.63) is 29.5 Å². The summed E-state index contributed by atoms with van der Waals surface area (Å²) in [7, 11) is 1.90. The van der Waals surface area contributed by atoms with Gasteiger partial charge in [-0.25, -0.2) is 4.79 Å². The highest BCUT2D eigenvalue weighted by Gasteiger charge is 2.08. The molecule has 0 aliphatic heterocycles. The molecule has 0 radical (unpaired) electrons. The summed E-state index contributed by atoms with van der Waals surface area (Å²) in [6.07, 6.45) is 1.53. The van der Waals surface area contributed by atoms with E-state index in [9.17, 15) is 4.79 Å². The Morgan fingerprint density at radius 1 is 1.53 bits per heavy atom. The van der Waals surface area contributed by atoms with Crippen molar-refractivity contribution >= 4 is 17.0 Å². The van der Waals surface area contributed by atoms with Gasteiger partial charge in [-0.1, -0.05) is 6.07 Å². The number of fused-ring (bicyclic) bond motifs is 1. The summed E-state index contributed by atoms with van der Waals surface area (Å²) in [6, 6.07) is 4.08. The molecule has 0 bridgehead atoms. The van der Waals surface area contributed by atoms with Crippen LogP contribution in [0.5, 0.6) is 0 Å². The second kappa shape index (κ2) is 4.45. The molecular formula is C12H15N3O2. The van der Waals surface area contributed by atoms with Crippen molar-refractivity contribution in [3.63, 3.8) is 0 Å². The van der Waals surface area contributed by atoms with Crippen LogP contribution < -0.4 is 5.32 Å². The van der Waals surface area contributed by atoms with E-state index < -0.39 is 6.09 Å². The maximum absolute atomic E-state index is 10.4. The molecule has 0 fully saturated rings. The van der Waals surface area contributed by atoms with Gasteiger partial charge in [0.25, 0.3) is 0 Å². The lowest BCUT2D eigenvalue weighted by atomic mass is 10.0. The summed E-state index contributed by atoms with van der Waals surface area (Å²) in [5.74, 6) is 0. The van der Waals surface area contributed by atoms with Gasteiger partial charge in [0.05, 0.1) is 11.7 Å². The number of aromatic nitrogens is 2. The van der Waals surface area contributed by atoms with E-state index in [1.54, 1.807) is 0 Å². The van der Waals surface area contributed by atoms with E-state index in [2.05, 4.69) is 10.4 Å². The third-order valence-corrected chi connectivity index (χ3v) is 2.93. The predicted molar refractivity (Wildman–Crippen MR) is 65.2 cm³/mol. The largest absolute Gasteiger partial charge is 0.465 e. The average molecular weight is 233 g/mol. The van der Waals surface area contributed by atoms with Gasteiger partial charge in [0.1, 0.15) is 0 Å². The topological polar surface area (TPSA) is 67.2 Å². The van der Waals surface area contributed by atoms with Crippen molar-refractivity contribution in [2.75, 3.05) is 6.54 Å². The molecule has 17 heavy (non-hydrogen) atoms. The number of benzene rings is 1. The molecule has 5 heteroatoms. The third-order valence-electron chi connectivity index (χ3n) is 2.93. The molecule has 0 saturated carbocycles. The van der Waals surface area contributed by atoms with Crippen LogP contribution in [-0.2, 0) is 13.5 Å². The summed E-state index contributed by atoms with van der Waals surface area (Å²) >= 11 is 0. The molecule has 1 aromatic heterocycles. The highest BCUT2D eigenvalue weighted by atomic mass is 16.4. The first-order valence-corrected chi connectivity index (χ1v) is 5.46. The average Bonchev–Trinajstić information content (AvgIpc) is 2.63. The van der Waals surface area contributed by atoms with Crippen molar-refractivity contribution in [1.29, 1.82) is 0 Å². The normalized spacial score (nSPS) is 10.7. The van der Waals surface area contributed by atoms with E-state index >= 15 is 0 Å². The van der Waals surface area contributed by atoms with E-state index in [-0.39, 0.29) is 0 Å². The summed E-state index contributed by atoms with van der Waals surface area (Å²) < 4.78 is 1.82. The number of hydrogen-bond donors (Lipinski definition) is 2. The first-order chi connectivity index (χ1) is 8.09. The van der Waals surface area contributed by atoms with Crippen LogP contribution in [0.2, 0.25) is 0 Å². The molecule has 0 aliphatic rings. The zero-order valence-corrected chi connectivity index (χ0v) is 9.90. The maximum Gasteiger partial charge on any atom is 0.404 e. The van der Waals surface area contributed by atoms with Gasteiger partial charge in [0.2, 0.25) is 0 Å². The highest BCUT2D eigenvalue weighted by Crippen LogP contribution is 2.21. The van der Waals surface area contributed by atoms with Gasteiger partial charge in [-0.2, -0.15) is 5.10 Å². The molecule has 0 atom stereocenters. The second-order valence-electron chi connectivity index (χ2n) is 4.04. The number of nitrogens with zero attached hydrogens (tertiary/aromatic N) is 2.